The van der Waals surface area contributed by atoms with Crippen molar-refractivity contribution in [3.8, 4) is 33.8 Å². The number of hydrogen-bond donors (Lipinski definition) is 1. The molecule has 226 valence electrons. The lowest BCUT2D eigenvalue weighted by molar-refractivity contribution is -0.178. The van der Waals surface area contributed by atoms with E-state index in [9.17, 15) is 18.0 Å². The predicted molar refractivity (Wildman–Crippen MR) is 155 cm³/mol. The lowest BCUT2D eigenvalue weighted by Gasteiger charge is -2.15. The fourth-order valence-corrected chi connectivity index (χ4v) is 4.51. The zero-order chi connectivity index (χ0) is 30.5. The largest absolute Gasteiger partial charge is 0.457 e. The van der Waals surface area contributed by atoms with Crippen LogP contribution in [0.25, 0.3) is 22.3 Å². The molecule has 0 saturated heterocycles. The van der Waals surface area contributed by atoms with Crippen LogP contribution in [0.2, 0.25) is 0 Å². The molecular formula is C33H37F3O6. The number of unbranched alkanes of at least 4 members (excludes halogenated alkanes) is 3. The second-order valence-electron chi connectivity index (χ2n) is 9.81. The van der Waals surface area contributed by atoms with E-state index in [2.05, 4.69) is 24.8 Å². The van der Waals surface area contributed by atoms with Gasteiger partial charge in [0.25, 0.3) is 0 Å². The van der Waals surface area contributed by atoms with Crippen LogP contribution in [0, 0.1) is 0 Å². The van der Waals surface area contributed by atoms with E-state index in [1.807, 2.05) is 37.3 Å². The molecule has 0 spiro atoms. The number of esters is 1. The molecular weight excluding hydrogens is 549 g/mol. The van der Waals surface area contributed by atoms with Crippen molar-refractivity contribution in [1.29, 1.82) is 0 Å². The van der Waals surface area contributed by atoms with E-state index in [1.54, 1.807) is 12.1 Å². The van der Waals surface area contributed by atoms with E-state index in [0.717, 1.165) is 46.2 Å². The van der Waals surface area contributed by atoms with Gasteiger partial charge in [-0.2, -0.15) is 18.1 Å². The molecule has 0 atom stereocenters. The van der Waals surface area contributed by atoms with Crippen LogP contribution in [-0.4, -0.2) is 37.8 Å². The molecule has 0 fully saturated rings. The van der Waals surface area contributed by atoms with E-state index in [4.69, 9.17) is 24.4 Å². The predicted octanol–water partition coefficient (Wildman–Crippen LogP) is 8.01. The summed E-state index contributed by atoms with van der Waals surface area (Å²) in [5, 5.41) is 8.95. The molecule has 1 N–H and O–H groups in total. The van der Waals surface area contributed by atoms with Crippen LogP contribution in [0.3, 0.4) is 0 Å². The van der Waals surface area contributed by atoms with Gasteiger partial charge in [-0.15, -0.1) is 0 Å². The first kappa shape index (κ1) is 32.7. The molecule has 3 aromatic rings. The molecule has 0 aromatic heterocycles. The smallest absolute Gasteiger partial charge is 0.389 e. The number of aliphatic hydroxyl groups is 1. The van der Waals surface area contributed by atoms with E-state index in [-0.39, 0.29) is 18.8 Å². The lowest BCUT2D eigenvalue weighted by Crippen LogP contribution is -2.13. The quantitative estimate of drug-likeness (QED) is 0.0458. The van der Waals surface area contributed by atoms with Crippen molar-refractivity contribution in [2.75, 3.05) is 20.5 Å². The van der Waals surface area contributed by atoms with Gasteiger partial charge in [-0.1, -0.05) is 62.7 Å². The number of carbonyl (C=O) groups excluding carboxylic acids is 1. The molecule has 0 aliphatic heterocycles. The van der Waals surface area contributed by atoms with Gasteiger partial charge in [-0.25, -0.2) is 4.79 Å². The molecule has 42 heavy (non-hydrogen) atoms. The summed E-state index contributed by atoms with van der Waals surface area (Å²) < 4.78 is 48.0. The number of hydrogen-bond acceptors (Lipinski definition) is 6. The van der Waals surface area contributed by atoms with Crippen molar-refractivity contribution in [2.45, 2.75) is 58.0 Å². The van der Waals surface area contributed by atoms with Crippen molar-refractivity contribution in [1.82, 2.24) is 0 Å². The maximum absolute atomic E-state index is 12.5. The topological polar surface area (TPSA) is 74.2 Å². The number of rotatable bonds is 16. The molecule has 0 aliphatic rings. The fourth-order valence-electron chi connectivity index (χ4n) is 4.51. The van der Waals surface area contributed by atoms with Gasteiger partial charge in [-0.05, 0) is 83.3 Å². The molecule has 0 aliphatic carbocycles. The van der Waals surface area contributed by atoms with Crippen molar-refractivity contribution >= 4 is 5.97 Å². The maximum atomic E-state index is 12.5. The fraction of sp³-hybridized carbons (Fsp3) is 0.364. The Balaban J connectivity index is 1.79. The Bertz CT molecular complexity index is 1320. The minimum atomic E-state index is -4.12. The monoisotopic (exact) mass is 586 g/mol. The van der Waals surface area contributed by atoms with Crippen molar-refractivity contribution < 1.29 is 42.3 Å². The van der Waals surface area contributed by atoms with Gasteiger partial charge in [0, 0.05) is 6.42 Å². The number of aliphatic hydroxyl groups excluding tert-OH is 1. The number of aryl methyl sites for hydroxylation is 2. The van der Waals surface area contributed by atoms with Gasteiger partial charge >= 0.3 is 12.1 Å². The Labute approximate surface area is 244 Å². The third-order valence-corrected chi connectivity index (χ3v) is 6.77. The summed E-state index contributed by atoms with van der Waals surface area (Å²) in [5.74, 6) is 0.425. The van der Waals surface area contributed by atoms with Crippen LogP contribution in [0.15, 0.2) is 72.8 Å². The molecule has 3 aromatic carbocycles. The number of benzene rings is 3. The van der Waals surface area contributed by atoms with Gasteiger partial charge in [-0.3, -0.25) is 0 Å². The standard InChI is InChI=1S/C33H37F3O6/c1-4-24-19-27(13-17-31(24)42-39-3)26-12-16-30(28(20-26)9-7-5-6-8-18-33(34,35)36)25-10-14-29(15-11-25)40-22-41-32(38)23(2)21-37/h10-17,19-20,37H,2,4-9,18,21-22H2,1,3H3. The molecule has 0 heterocycles. The Morgan fingerprint density at radius 1 is 0.881 bits per heavy atom. The Morgan fingerprint density at radius 3 is 2.17 bits per heavy atom. The average molecular weight is 587 g/mol. The first-order valence-electron chi connectivity index (χ1n) is 13.9. The lowest BCUT2D eigenvalue weighted by atomic mass is 9.91. The highest BCUT2D eigenvalue weighted by Crippen LogP contribution is 2.33. The highest BCUT2D eigenvalue weighted by atomic mass is 19.4. The molecule has 0 amide bonds. The highest BCUT2D eigenvalue weighted by Gasteiger charge is 2.25. The SMILES string of the molecule is C=C(CO)C(=O)OCOc1ccc(-c2ccc(-c3ccc(OOC)c(CC)c3)cc2CCCCCCC(F)(F)F)cc1. The normalized spacial score (nSPS) is 11.3. The number of alkyl halides is 3. The van der Waals surface area contributed by atoms with E-state index in [1.165, 1.54) is 7.11 Å². The number of carbonyl (C=O) groups is 1. The highest BCUT2D eigenvalue weighted by molar-refractivity contribution is 5.87. The molecule has 3 rings (SSSR count). The molecule has 0 saturated carbocycles. The molecule has 0 bridgehead atoms. The Hall–Kier alpha value is -3.82. The first-order chi connectivity index (χ1) is 20.1. The molecule has 0 unspecified atom stereocenters. The average Bonchev–Trinajstić information content (AvgIpc) is 2.98. The van der Waals surface area contributed by atoms with E-state index in [0.29, 0.717) is 30.8 Å². The van der Waals surface area contributed by atoms with E-state index < -0.39 is 25.2 Å². The van der Waals surface area contributed by atoms with Crippen molar-refractivity contribution in [2.24, 2.45) is 0 Å². The minimum Gasteiger partial charge on any atom is -0.457 e. The molecule has 9 heteroatoms. The number of ether oxygens (including phenoxy) is 2. The van der Waals surface area contributed by atoms with Crippen LogP contribution in [0.4, 0.5) is 13.2 Å². The summed E-state index contributed by atoms with van der Waals surface area (Å²) in [5.41, 5.74) is 6.04. The zero-order valence-electron chi connectivity index (χ0n) is 24.0. The second kappa shape index (κ2) is 16.0. The summed E-state index contributed by atoms with van der Waals surface area (Å²) in [6.07, 6.45) is -1.26. The van der Waals surface area contributed by atoms with Crippen LogP contribution < -0.4 is 9.62 Å². The van der Waals surface area contributed by atoms with Gasteiger partial charge in [0.05, 0.1) is 19.3 Å². The third-order valence-electron chi connectivity index (χ3n) is 6.77. The third kappa shape index (κ3) is 9.92. The molecule has 6 nitrogen and oxygen atoms in total. The van der Waals surface area contributed by atoms with Crippen LogP contribution in [0.5, 0.6) is 11.5 Å². The van der Waals surface area contributed by atoms with Crippen LogP contribution in [0.1, 0.15) is 50.2 Å². The summed E-state index contributed by atoms with van der Waals surface area (Å²) in [4.78, 5) is 21.7. The first-order valence-corrected chi connectivity index (χ1v) is 13.9. The van der Waals surface area contributed by atoms with Gasteiger partial charge in [0.2, 0.25) is 6.79 Å². The summed E-state index contributed by atoms with van der Waals surface area (Å²) in [6, 6.07) is 19.5. The van der Waals surface area contributed by atoms with Gasteiger partial charge < -0.3 is 19.5 Å². The van der Waals surface area contributed by atoms with Gasteiger partial charge in [0.1, 0.15) is 5.75 Å². The second-order valence-corrected chi connectivity index (χ2v) is 9.81. The van der Waals surface area contributed by atoms with Crippen molar-refractivity contribution in [3.05, 3.63) is 83.9 Å². The summed E-state index contributed by atoms with van der Waals surface area (Å²) in [6.45, 7) is 4.64. The van der Waals surface area contributed by atoms with Crippen LogP contribution >= 0.6 is 0 Å². The van der Waals surface area contributed by atoms with Crippen LogP contribution in [-0.2, 0) is 27.3 Å². The Kier molecular flexibility index (Phi) is 12.4. The zero-order valence-corrected chi connectivity index (χ0v) is 24.0. The minimum absolute atomic E-state index is 0.0598. The molecule has 0 radical (unpaired) electrons. The summed E-state index contributed by atoms with van der Waals surface area (Å²) in [7, 11) is 1.46. The summed E-state index contributed by atoms with van der Waals surface area (Å²) >= 11 is 0. The Morgan fingerprint density at radius 2 is 1.52 bits per heavy atom. The maximum Gasteiger partial charge on any atom is 0.389 e. The number of halogens is 3. The van der Waals surface area contributed by atoms with Crippen molar-refractivity contribution in [3.63, 3.8) is 0 Å². The van der Waals surface area contributed by atoms with E-state index >= 15 is 0 Å². The van der Waals surface area contributed by atoms with Gasteiger partial charge in [0.15, 0.2) is 5.75 Å².